The van der Waals surface area contributed by atoms with Crippen molar-refractivity contribution in [3.63, 3.8) is 0 Å². The number of benzene rings is 1. The zero-order valence-electron chi connectivity index (χ0n) is 11.2. The molecule has 0 aliphatic carbocycles. The van der Waals surface area contributed by atoms with Gasteiger partial charge in [0.15, 0.2) is 0 Å². The molecule has 1 heterocycles. The second-order valence-electron chi connectivity index (χ2n) is 4.79. The van der Waals surface area contributed by atoms with Gasteiger partial charge >= 0.3 is 0 Å². The van der Waals surface area contributed by atoms with Crippen LogP contribution in [0.4, 0.5) is 0 Å². The maximum absolute atomic E-state index is 5.93. The van der Waals surface area contributed by atoms with E-state index in [9.17, 15) is 0 Å². The summed E-state index contributed by atoms with van der Waals surface area (Å²) in [6, 6.07) is 8.58. The lowest BCUT2D eigenvalue weighted by Crippen LogP contribution is -2.28. The van der Waals surface area contributed by atoms with E-state index in [1.54, 1.807) is 0 Å². The first-order valence-corrected chi connectivity index (χ1v) is 6.31. The van der Waals surface area contributed by atoms with E-state index in [0.29, 0.717) is 0 Å². The quantitative estimate of drug-likeness (QED) is 0.823. The summed E-state index contributed by atoms with van der Waals surface area (Å²) in [5, 5.41) is 4.65. The van der Waals surface area contributed by atoms with Gasteiger partial charge in [-0.3, -0.25) is 0 Å². The maximum Gasteiger partial charge on any atom is 0.134 e. The first-order valence-electron chi connectivity index (χ1n) is 6.31. The van der Waals surface area contributed by atoms with Crippen molar-refractivity contribution >= 4 is 11.0 Å². The summed E-state index contributed by atoms with van der Waals surface area (Å²) in [6.45, 7) is 6.30. The molecule has 0 spiro atoms. The van der Waals surface area contributed by atoms with Crippen molar-refractivity contribution in [3.05, 3.63) is 35.6 Å². The number of fused-ring (bicyclic) bond motifs is 1. The highest BCUT2D eigenvalue weighted by atomic mass is 16.3. The molecule has 0 radical (unpaired) electrons. The van der Waals surface area contributed by atoms with E-state index in [-0.39, 0.29) is 12.1 Å². The third-order valence-electron chi connectivity index (χ3n) is 3.23. The molecule has 2 nitrogen and oxygen atoms in total. The van der Waals surface area contributed by atoms with Crippen LogP contribution in [0.2, 0.25) is 0 Å². The smallest absolute Gasteiger partial charge is 0.134 e. The number of rotatable bonds is 4. The van der Waals surface area contributed by atoms with Crippen LogP contribution in [-0.4, -0.2) is 6.04 Å². The van der Waals surface area contributed by atoms with E-state index in [4.69, 9.17) is 10.8 Å². The Labute approximate surface area is 108 Å². The minimum absolute atomic E-state index is 0.167. The van der Waals surface area contributed by atoms with Gasteiger partial charge in [-0.2, -0.15) is 0 Å². The molecule has 18 heavy (non-hydrogen) atoms. The molecule has 2 heteroatoms. The molecule has 2 unspecified atom stereocenters. The Kier molecular flexibility index (Phi) is 3.74. The molecule has 94 valence electrons. The van der Waals surface area contributed by atoms with Crippen molar-refractivity contribution in [3.8, 4) is 12.3 Å². The lowest BCUT2D eigenvalue weighted by molar-refractivity contribution is 0.412. The van der Waals surface area contributed by atoms with E-state index in [0.717, 1.165) is 17.8 Å². The van der Waals surface area contributed by atoms with Crippen molar-refractivity contribution in [2.24, 2.45) is 0 Å². The van der Waals surface area contributed by atoms with Crippen LogP contribution in [0.25, 0.3) is 11.0 Å². The number of hydrogen-bond acceptors (Lipinski definition) is 2. The maximum atomic E-state index is 5.93. The molecule has 2 atom stereocenters. The van der Waals surface area contributed by atoms with E-state index in [1.165, 1.54) is 10.9 Å². The van der Waals surface area contributed by atoms with Crippen molar-refractivity contribution in [1.82, 2.24) is 5.32 Å². The Morgan fingerprint density at radius 3 is 2.72 bits per heavy atom. The molecular formula is C16H19NO. The highest BCUT2D eigenvalue weighted by Gasteiger charge is 2.17. The molecule has 0 saturated carbocycles. The van der Waals surface area contributed by atoms with Gasteiger partial charge in [0.25, 0.3) is 0 Å². The number of hydrogen-bond donors (Lipinski definition) is 1. The van der Waals surface area contributed by atoms with Crippen molar-refractivity contribution < 1.29 is 4.42 Å². The molecule has 0 saturated heterocycles. The third kappa shape index (κ3) is 2.42. The summed E-state index contributed by atoms with van der Waals surface area (Å²) >= 11 is 0. The summed E-state index contributed by atoms with van der Waals surface area (Å²) in [4.78, 5) is 0. The lowest BCUT2D eigenvalue weighted by Gasteiger charge is -2.17. The summed E-state index contributed by atoms with van der Waals surface area (Å²) in [5.41, 5.74) is 2.15. The zero-order valence-corrected chi connectivity index (χ0v) is 11.2. The molecular weight excluding hydrogens is 222 g/mol. The molecule has 0 aliphatic heterocycles. The number of furan rings is 1. The van der Waals surface area contributed by atoms with Gasteiger partial charge in [-0.15, -0.1) is 12.3 Å². The van der Waals surface area contributed by atoms with Crippen LogP contribution in [0, 0.1) is 19.3 Å². The number of terminal acetylenes is 1. The Morgan fingerprint density at radius 2 is 2.06 bits per heavy atom. The highest BCUT2D eigenvalue weighted by molar-refractivity contribution is 5.82. The van der Waals surface area contributed by atoms with Gasteiger partial charge in [-0.05, 0) is 32.4 Å². The standard InChI is InChI=1S/C16H19NO/c1-5-8-11(2)17-13(4)16-12(3)14-9-6-7-10-15(14)18-16/h1,6-7,9-11,13,17H,8H2,2-4H3. The summed E-state index contributed by atoms with van der Waals surface area (Å²) < 4.78 is 5.93. The van der Waals surface area contributed by atoms with Crippen LogP contribution < -0.4 is 5.32 Å². The summed E-state index contributed by atoms with van der Waals surface area (Å²) in [5.74, 6) is 3.67. The monoisotopic (exact) mass is 241 g/mol. The average Bonchev–Trinajstić information content (AvgIpc) is 2.68. The number of nitrogens with one attached hydrogen (secondary N) is 1. The minimum Gasteiger partial charge on any atom is -0.459 e. The number of para-hydroxylation sites is 1. The van der Waals surface area contributed by atoms with E-state index < -0.39 is 0 Å². The lowest BCUT2D eigenvalue weighted by atomic mass is 10.1. The fourth-order valence-corrected chi connectivity index (χ4v) is 2.34. The van der Waals surface area contributed by atoms with Crippen LogP contribution in [0.5, 0.6) is 0 Å². The number of aryl methyl sites for hydroxylation is 1. The van der Waals surface area contributed by atoms with Crippen molar-refractivity contribution in [2.75, 3.05) is 0 Å². The topological polar surface area (TPSA) is 25.2 Å². The molecule has 1 aromatic carbocycles. The molecule has 2 rings (SSSR count). The minimum atomic E-state index is 0.167. The van der Waals surface area contributed by atoms with E-state index in [1.807, 2.05) is 18.2 Å². The van der Waals surface area contributed by atoms with Gasteiger partial charge in [0.1, 0.15) is 11.3 Å². The van der Waals surface area contributed by atoms with Gasteiger partial charge in [-0.25, -0.2) is 0 Å². The highest BCUT2D eigenvalue weighted by Crippen LogP contribution is 2.29. The molecule has 0 bridgehead atoms. The largest absolute Gasteiger partial charge is 0.459 e. The fourth-order valence-electron chi connectivity index (χ4n) is 2.34. The van der Waals surface area contributed by atoms with Crippen molar-refractivity contribution in [2.45, 2.75) is 39.3 Å². The van der Waals surface area contributed by atoms with Gasteiger partial charge in [-0.1, -0.05) is 18.2 Å². The van der Waals surface area contributed by atoms with E-state index in [2.05, 4.69) is 38.1 Å². The first-order chi connectivity index (χ1) is 8.63. The van der Waals surface area contributed by atoms with Gasteiger partial charge in [0.05, 0.1) is 6.04 Å². The van der Waals surface area contributed by atoms with Crippen LogP contribution in [0.1, 0.15) is 37.6 Å². The molecule has 0 amide bonds. The second kappa shape index (κ2) is 5.29. The average molecular weight is 241 g/mol. The van der Waals surface area contributed by atoms with Gasteiger partial charge in [0, 0.05) is 17.8 Å². The summed E-state index contributed by atoms with van der Waals surface area (Å²) in [7, 11) is 0. The van der Waals surface area contributed by atoms with Crippen LogP contribution in [0.3, 0.4) is 0 Å². The second-order valence-corrected chi connectivity index (χ2v) is 4.79. The molecule has 0 aliphatic rings. The van der Waals surface area contributed by atoms with Gasteiger partial charge in [0.2, 0.25) is 0 Å². The predicted molar refractivity (Wildman–Crippen MR) is 75.4 cm³/mol. The van der Waals surface area contributed by atoms with E-state index >= 15 is 0 Å². The fraction of sp³-hybridized carbons (Fsp3) is 0.375. The normalized spacial score (nSPS) is 14.3. The van der Waals surface area contributed by atoms with Crippen molar-refractivity contribution in [1.29, 1.82) is 0 Å². The van der Waals surface area contributed by atoms with Crippen LogP contribution in [0.15, 0.2) is 28.7 Å². The summed E-state index contributed by atoms with van der Waals surface area (Å²) in [6.07, 6.45) is 6.05. The third-order valence-corrected chi connectivity index (χ3v) is 3.23. The molecule has 0 fully saturated rings. The van der Waals surface area contributed by atoms with Gasteiger partial charge < -0.3 is 9.73 Å². The first kappa shape index (κ1) is 12.7. The molecule has 1 N–H and O–H groups in total. The Bertz CT molecular complexity index is 576. The Balaban J connectivity index is 2.25. The molecule has 2 aromatic rings. The van der Waals surface area contributed by atoms with Crippen LogP contribution in [-0.2, 0) is 0 Å². The Morgan fingerprint density at radius 1 is 1.33 bits per heavy atom. The Hall–Kier alpha value is -1.72. The molecule has 1 aromatic heterocycles. The zero-order chi connectivity index (χ0) is 13.1. The SMILES string of the molecule is C#CCC(C)NC(C)c1oc2ccccc2c1C. The van der Waals surface area contributed by atoms with Crippen LogP contribution >= 0.6 is 0 Å². The predicted octanol–water partition coefficient (Wildman–Crippen LogP) is 3.80.